The zero-order valence-corrected chi connectivity index (χ0v) is 13.2. The molecule has 114 valence electrons. The summed E-state index contributed by atoms with van der Waals surface area (Å²) in [5.74, 6) is 0.342. The van der Waals surface area contributed by atoms with Crippen LogP contribution in [0.15, 0.2) is 51.8 Å². The molecule has 7 heteroatoms. The average molecular weight is 346 g/mol. The first-order chi connectivity index (χ1) is 11.1. The van der Waals surface area contributed by atoms with Gasteiger partial charge in [0, 0.05) is 10.4 Å². The third-order valence-corrected chi connectivity index (χ3v) is 4.00. The Bertz CT molecular complexity index is 1100. The van der Waals surface area contributed by atoms with Crippen molar-refractivity contribution in [1.82, 2.24) is 14.8 Å². The van der Waals surface area contributed by atoms with Gasteiger partial charge in [0.1, 0.15) is 12.1 Å². The number of oxazole rings is 1. The van der Waals surface area contributed by atoms with E-state index < -0.39 is 0 Å². The van der Waals surface area contributed by atoms with E-state index in [1.54, 1.807) is 24.4 Å². The van der Waals surface area contributed by atoms with Crippen molar-refractivity contribution in [3.8, 4) is 0 Å². The highest BCUT2D eigenvalue weighted by Gasteiger charge is 2.12. The molecule has 0 aliphatic rings. The van der Waals surface area contributed by atoms with E-state index >= 15 is 0 Å². The minimum Gasteiger partial charge on any atom is -0.437 e. The minimum atomic E-state index is -0.200. The SMILES string of the molecule is O=c1c2ccccc2cnn1Cc1nc2cc(Cl)cc(Cl)c2o1. The molecule has 0 fully saturated rings. The molecule has 0 radical (unpaired) electrons. The number of benzene rings is 2. The monoisotopic (exact) mass is 345 g/mol. The quantitative estimate of drug-likeness (QED) is 0.552. The van der Waals surface area contributed by atoms with Crippen LogP contribution in [0.25, 0.3) is 21.9 Å². The molecule has 0 N–H and O–H groups in total. The summed E-state index contributed by atoms with van der Waals surface area (Å²) in [4.78, 5) is 16.8. The zero-order valence-electron chi connectivity index (χ0n) is 11.7. The molecule has 5 nitrogen and oxygen atoms in total. The lowest BCUT2D eigenvalue weighted by Crippen LogP contribution is -2.23. The van der Waals surface area contributed by atoms with Gasteiger partial charge in [-0.15, -0.1) is 0 Å². The fourth-order valence-electron chi connectivity index (χ4n) is 2.44. The highest BCUT2D eigenvalue weighted by atomic mass is 35.5. The summed E-state index contributed by atoms with van der Waals surface area (Å²) in [6.45, 7) is 0.117. The van der Waals surface area contributed by atoms with Gasteiger partial charge in [-0.2, -0.15) is 5.10 Å². The van der Waals surface area contributed by atoms with Gasteiger partial charge in [-0.05, 0) is 18.2 Å². The maximum Gasteiger partial charge on any atom is 0.275 e. The van der Waals surface area contributed by atoms with Crippen LogP contribution in [0.3, 0.4) is 0 Å². The summed E-state index contributed by atoms with van der Waals surface area (Å²) in [6, 6.07) is 10.5. The van der Waals surface area contributed by atoms with Gasteiger partial charge in [0.15, 0.2) is 5.58 Å². The third kappa shape index (κ3) is 2.48. The van der Waals surface area contributed by atoms with Gasteiger partial charge in [0.25, 0.3) is 5.56 Å². The molecule has 0 amide bonds. The van der Waals surface area contributed by atoms with Gasteiger partial charge < -0.3 is 4.42 Å². The number of hydrogen-bond donors (Lipinski definition) is 0. The molecule has 0 bridgehead atoms. The first-order valence-corrected chi connectivity index (χ1v) is 7.57. The van der Waals surface area contributed by atoms with Crippen LogP contribution in [0, 0.1) is 0 Å². The Morgan fingerprint density at radius 1 is 1.17 bits per heavy atom. The van der Waals surface area contributed by atoms with E-state index in [1.807, 2.05) is 18.2 Å². The highest BCUT2D eigenvalue weighted by molar-refractivity contribution is 6.37. The molecule has 23 heavy (non-hydrogen) atoms. The largest absolute Gasteiger partial charge is 0.437 e. The smallest absolute Gasteiger partial charge is 0.275 e. The van der Waals surface area contributed by atoms with Crippen LogP contribution < -0.4 is 5.56 Å². The van der Waals surface area contributed by atoms with Gasteiger partial charge in [0.05, 0.1) is 16.6 Å². The molecule has 4 aromatic rings. The summed E-state index contributed by atoms with van der Waals surface area (Å²) in [5, 5.41) is 6.40. The number of rotatable bonds is 2. The van der Waals surface area contributed by atoms with E-state index in [9.17, 15) is 4.79 Å². The Labute approximate surface area is 140 Å². The molecule has 0 aliphatic heterocycles. The topological polar surface area (TPSA) is 60.9 Å². The third-order valence-electron chi connectivity index (χ3n) is 3.50. The molecule has 0 atom stereocenters. The fraction of sp³-hybridized carbons (Fsp3) is 0.0625. The predicted molar refractivity (Wildman–Crippen MR) is 89.1 cm³/mol. The second kappa shape index (κ2) is 5.37. The van der Waals surface area contributed by atoms with Gasteiger partial charge in [0.2, 0.25) is 5.89 Å². The Balaban J connectivity index is 1.80. The van der Waals surface area contributed by atoms with Crippen molar-refractivity contribution < 1.29 is 4.42 Å². The van der Waals surface area contributed by atoms with Crippen molar-refractivity contribution in [2.24, 2.45) is 0 Å². The highest BCUT2D eigenvalue weighted by Crippen LogP contribution is 2.28. The van der Waals surface area contributed by atoms with E-state index in [0.717, 1.165) is 5.39 Å². The van der Waals surface area contributed by atoms with Crippen LogP contribution in [-0.2, 0) is 6.54 Å². The Kier molecular flexibility index (Phi) is 3.32. The van der Waals surface area contributed by atoms with Crippen LogP contribution in [0.4, 0.5) is 0 Å². The fourth-order valence-corrected chi connectivity index (χ4v) is 2.96. The average Bonchev–Trinajstić information content (AvgIpc) is 2.93. The molecule has 0 unspecified atom stereocenters. The molecular weight excluding hydrogens is 337 g/mol. The Morgan fingerprint density at radius 2 is 2.00 bits per heavy atom. The maximum atomic E-state index is 12.5. The Hall–Kier alpha value is -2.37. The molecule has 0 saturated carbocycles. The lowest BCUT2D eigenvalue weighted by atomic mass is 10.2. The van der Waals surface area contributed by atoms with Crippen molar-refractivity contribution in [3.63, 3.8) is 0 Å². The molecule has 0 aliphatic carbocycles. The Morgan fingerprint density at radius 3 is 2.87 bits per heavy atom. The number of aromatic nitrogens is 3. The second-order valence-electron chi connectivity index (χ2n) is 5.04. The first kappa shape index (κ1) is 14.2. The van der Waals surface area contributed by atoms with Crippen LogP contribution in [-0.4, -0.2) is 14.8 Å². The van der Waals surface area contributed by atoms with Gasteiger partial charge in [-0.3, -0.25) is 4.79 Å². The van der Waals surface area contributed by atoms with E-state index in [-0.39, 0.29) is 12.1 Å². The molecule has 2 aromatic carbocycles. The first-order valence-electron chi connectivity index (χ1n) is 6.81. The summed E-state index contributed by atoms with van der Waals surface area (Å²) >= 11 is 12.0. The summed E-state index contributed by atoms with van der Waals surface area (Å²) in [7, 11) is 0. The van der Waals surface area contributed by atoms with Crippen molar-refractivity contribution in [2.75, 3.05) is 0 Å². The van der Waals surface area contributed by atoms with E-state index in [4.69, 9.17) is 27.6 Å². The molecule has 0 saturated heterocycles. The maximum absolute atomic E-state index is 12.5. The molecule has 2 heterocycles. The van der Waals surface area contributed by atoms with Crippen molar-refractivity contribution in [3.05, 3.63) is 68.9 Å². The van der Waals surface area contributed by atoms with E-state index in [0.29, 0.717) is 32.4 Å². The number of fused-ring (bicyclic) bond motifs is 2. The number of halogens is 2. The summed E-state index contributed by atoms with van der Waals surface area (Å²) < 4.78 is 6.93. The van der Waals surface area contributed by atoms with Crippen LogP contribution in [0.1, 0.15) is 5.89 Å². The van der Waals surface area contributed by atoms with Crippen molar-refractivity contribution in [1.29, 1.82) is 0 Å². The van der Waals surface area contributed by atoms with Crippen molar-refractivity contribution in [2.45, 2.75) is 6.54 Å². The predicted octanol–water partition coefficient (Wildman–Crippen LogP) is 3.89. The van der Waals surface area contributed by atoms with Gasteiger partial charge in [-0.1, -0.05) is 41.4 Å². The lowest BCUT2D eigenvalue weighted by Gasteiger charge is -2.02. The lowest BCUT2D eigenvalue weighted by molar-refractivity contribution is 0.483. The van der Waals surface area contributed by atoms with Crippen LogP contribution >= 0.6 is 23.2 Å². The standard InChI is InChI=1S/C16H9Cl2N3O2/c17-10-5-12(18)15-13(6-10)20-14(23-15)8-21-16(22)11-4-2-1-3-9(11)7-19-21/h1-7H,8H2. The van der Waals surface area contributed by atoms with Gasteiger partial charge >= 0.3 is 0 Å². The van der Waals surface area contributed by atoms with Gasteiger partial charge in [-0.25, -0.2) is 9.67 Å². The van der Waals surface area contributed by atoms with Crippen molar-refractivity contribution >= 4 is 45.1 Å². The normalized spacial score (nSPS) is 11.4. The van der Waals surface area contributed by atoms with E-state index in [1.165, 1.54) is 4.68 Å². The minimum absolute atomic E-state index is 0.117. The summed E-state index contributed by atoms with van der Waals surface area (Å²) in [5.41, 5.74) is 0.792. The second-order valence-corrected chi connectivity index (χ2v) is 5.88. The molecule has 4 rings (SSSR count). The summed E-state index contributed by atoms with van der Waals surface area (Å²) in [6.07, 6.45) is 1.64. The number of nitrogens with zero attached hydrogens (tertiary/aromatic N) is 3. The van der Waals surface area contributed by atoms with Crippen LogP contribution in [0.2, 0.25) is 10.0 Å². The zero-order chi connectivity index (χ0) is 16.0. The molecule has 0 spiro atoms. The van der Waals surface area contributed by atoms with E-state index in [2.05, 4.69) is 10.1 Å². The number of hydrogen-bond acceptors (Lipinski definition) is 4. The van der Waals surface area contributed by atoms with Crippen LogP contribution in [0.5, 0.6) is 0 Å². The molecule has 2 aromatic heterocycles. The molecular formula is C16H9Cl2N3O2.